The van der Waals surface area contributed by atoms with Crippen molar-refractivity contribution in [3.8, 4) is 6.07 Å². The van der Waals surface area contributed by atoms with E-state index in [2.05, 4.69) is 22.8 Å². The number of aromatic nitrogens is 1. The fourth-order valence-electron chi connectivity index (χ4n) is 5.18. The second-order valence-electron chi connectivity index (χ2n) is 8.74. The van der Waals surface area contributed by atoms with E-state index < -0.39 is 0 Å². The lowest BCUT2D eigenvalue weighted by Gasteiger charge is -2.41. The van der Waals surface area contributed by atoms with Gasteiger partial charge in [0, 0.05) is 37.2 Å². The third-order valence-corrected chi connectivity index (χ3v) is 6.90. The molecular formula is C23H32N4O3. The van der Waals surface area contributed by atoms with Crippen LogP contribution in [0.25, 0.3) is 0 Å². The fraction of sp³-hybridized carbons (Fsp3) is 0.696. The minimum absolute atomic E-state index is 0.184. The van der Waals surface area contributed by atoms with Crippen LogP contribution in [0, 0.1) is 11.3 Å². The second kappa shape index (κ2) is 9.32. The standard InChI is InChI=1S/C23H32N4O3/c1-16-13-27(10-9-26(16)14-21(28)29-2)23-19(12-24)18-8-11-30-15-20(18)22(25-23)17-6-4-3-5-7-17/h16-17H,3-11,13-15H2,1-2H3. The molecule has 1 aromatic rings. The zero-order valence-corrected chi connectivity index (χ0v) is 18.2. The Kier molecular flexibility index (Phi) is 6.55. The van der Waals surface area contributed by atoms with Gasteiger partial charge in [0.05, 0.1) is 38.1 Å². The van der Waals surface area contributed by atoms with E-state index in [1.807, 2.05) is 0 Å². The molecule has 7 heteroatoms. The van der Waals surface area contributed by atoms with Crippen LogP contribution in [-0.4, -0.2) is 61.8 Å². The molecule has 1 aliphatic carbocycles. The number of fused-ring (bicyclic) bond motifs is 1. The molecule has 2 fully saturated rings. The average molecular weight is 413 g/mol. The lowest BCUT2D eigenvalue weighted by molar-refractivity contribution is -0.142. The van der Waals surface area contributed by atoms with E-state index >= 15 is 0 Å². The summed E-state index contributed by atoms with van der Waals surface area (Å²) in [4.78, 5) is 21.3. The SMILES string of the molecule is COC(=O)CN1CCN(c2nc(C3CCCCC3)c3c(c2C#N)CCOC3)CC1C. The molecule has 3 aliphatic rings. The highest BCUT2D eigenvalue weighted by Crippen LogP contribution is 2.39. The molecule has 0 amide bonds. The number of rotatable bonds is 4. The van der Waals surface area contributed by atoms with Gasteiger partial charge in [-0.2, -0.15) is 5.26 Å². The molecule has 0 N–H and O–H groups in total. The molecule has 1 saturated heterocycles. The van der Waals surface area contributed by atoms with Crippen LogP contribution < -0.4 is 4.90 Å². The monoisotopic (exact) mass is 412 g/mol. The lowest BCUT2D eigenvalue weighted by Crippen LogP contribution is -2.53. The zero-order valence-electron chi connectivity index (χ0n) is 18.2. The molecule has 7 nitrogen and oxygen atoms in total. The number of piperazine rings is 1. The van der Waals surface area contributed by atoms with E-state index in [-0.39, 0.29) is 12.0 Å². The van der Waals surface area contributed by atoms with Crippen molar-refractivity contribution in [1.82, 2.24) is 9.88 Å². The van der Waals surface area contributed by atoms with Gasteiger partial charge in [0.15, 0.2) is 0 Å². The van der Waals surface area contributed by atoms with Gasteiger partial charge >= 0.3 is 5.97 Å². The number of nitriles is 1. The van der Waals surface area contributed by atoms with Crippen LogP contribution in [0.3, 0.4) is 0 Å². The number of anilines is 1. The summed E-state index contributed by atoms with van der Waals surface area (Å²) >= 11 is 0. The van der Waals surface area contributed by atoms with Gasteiger partial charge in [-0.3, -0.25) is 9.69 Å². The maximum atomic E-state index is 11.7. The lowest BCUT2D eigenvalue weighted by atomic mass is 9.82. The summed E-state index contributed by atoms with van der Waals surface area (Å²) in [6, 6.07) is 2.66. The molecule has 0 bridgehead atoms. The van der Waals surface area contributed by atoms with Crippen molar-refractivity contribution in [2.75, 3.05) is 44.8 Å². The van der Waals surface area contributed by atoms with Crippen LogP contribution in [-0.2, 0) is 27.3 Å². The smallest absolute Gasteiger partial charge is 0.319 e. The second-order valence-corrected chi connectivity index (χ2v) is 8.74. The van der Waals surface area contributed by atoms with Gasteiger partial charge in [-0.25, -0.2) is 4.98 Å². The Balaban J connectivity index is 1.66. The number of methoxy groups -OCH3 is 1. The van der Waals surface area contributed by atoms with Crippen LogP contribution >= 0.6 is 0 Å². The molecule has 162 valence electrons. The predicted molar refractivity (Wildman–Crippen MR) is 113 cm³/mol. The van der Waals surface area contributed by atoms with Gasteiger partial charge in [-0.1, -0.05) is 19.3 Å². The van der Waals surface area contributed by atoms with Crippen molar-refractivity contribution in [3.05, 3.63) is 22.4 Å². The van der Waals surface area contributed by atoms with Gasteiger partial charge in [0.25, 0.3) is 0 Å². The Morgan fingerprint density at radius 3 is 2.77 bits per heavy atom. The highest BCUT2D eigenvalue weighted by Gasteiger charge is 2.32. The van der Waals surface area contributed by atoms with E-state index in [1.54, 1.807) is 0 Å². The van der Waals surface area contributed by atoms with Crippen LogP contribution in [0.5, 0.6) is 0 Å². The van der Waals surface area contributed by atoms with E-state index in [1.165, 1.54) is 50.5 Å². The number of hydrogen-bond donors (Lipinski definition) is 0. The first kappa shape index (κ1) is 21.1. The van der Waals surface area contributed by atoms with Crippen molar-refractivity contribution in [1.29, 1.82) is 5.26 Å². The first-order valence-electron chi connectivity index (χ1n) is 11.2. The normalized spacial score (nSPS) is 23.0. The van der Waals surface area contributed by atoms with Crippen LogP contribution in [0.4, 0.5) is 5.82 Å². The number of esters is 1. The number of carbonyl (C=O) groups excluding carboxylic acids is 1. The Hall–Kier alpha value is -2.17. The van der Waals surface area contributed by atoms with E-state index in [9.17, 15) is 10.1 Å². The summed E-state index contributed by atoms with van der Waals surface area (Å²) in [7, 11) is 1.43. The summed E-state index contributed by atoms with van der Waals surface area (Å²) in [6.07, 6.45) is 6.94. The maximum Gasteiger partial charge on any atom is 0.319 e. The van der Waals surface area contributed by atoms with Crippen molar-refractivity contribution in [2.24, 2.45) is 0 Å². The molecule has 1 unspecified atom stereocenters. The predicted octanol–water partition coefficient (Wildman–Crippen LogP) is 2.76. The Bertz CT molecular complexity index is 829. The van der Waals surface area contributed by atoms with Crippen molar-refractivity contribution >= 4 is 11.8 Å². The molecule has 2 aliphatic heterocycles. The van der Waals surface area contributed by atoms with Gasteiger partial charge in [-0.05, 0) is 31.7 Å². The van der Waals surface area contributed by atoms with Crippen molar-refractivity contribution in [3.63, 3.8) is 0 Å². The third-order valence-electron chi connectivity index (χ3n) is 6.90. The summed E-state index contributed by atoms with van der Waals surface area (Å²) in [5, 5.41) is 10.0. The first-order chi connectivity index (χ1) is 14.6. The number of ether oxygens (including phenoxy) is 2. The van der Waals surface area contributed by atoms with Gasteiger partial charge < -0.3 is 14.4 Å². The van der Waals surface area contributed by atoms with E-state index in [0.717, 1.165) is 43.0 Å². The fourth-order valence-corrected chi connectivity index (χ4v) is 5.18. The molecule has 30 heavy (non-hydrogen) atoms. The summed E-state index contributed by atoms with van der Waals surface area (Å²) in [6.45, 7) is 5.92. The Morgan fingerprint density at radius 1 is 1.27 bits per heavy atom. The van der Waals surface area contributed by atoms with Gasteiger partial charge in [-0.15, -0.1) is 0 Å². The summed E-state index contributed by atoms with van der Waals surface area (Å²) < 4.78 is 10.6. The summed E-state index contributed by atoms with van der Waals surface area (Å²) in [5.74, 6) is 1.10. The van der Waals surface area contributed by atoms with Gasteiger partial charge in [0.1, 0.15) is 11.9 Å². The quantitative estimate of drug-likeness (QED) is 0.704. The van der Waals surface area contributed by atoms with Gasteiger partial charge in [0.2, 0.25) is 0 Å². The van der Waals surface area contributed by atoms with Crippen molar-refractivity contribution < 1.29 is 14.3 Å². The van der Waals surface area contributed by atoms with Crippen LogP contribution in [0.15, 0.2) is 0 Å². The van der Waals surface area contributed by atoms with E-state index in [4.69, 9.17) is 14.5 Å². The summed E-state index contributed by atoms with van der Waals surface area (Å²) in [5.41, 5.74) is 4.22. The highest BCUT2D eigenvalue weighted by molar-refractivity contribution is 5.71. The molecular weight excluding hydrogens is 380 g/mol. The number of nitrogens with zero attached hydrogens (tertiary/aromatic N) is 4. The highest BCUT2D eigenvalue weighted by atomic mass is 16.5. The van der Waals surface area contributed by atoms with Crippen molar-refractivity contribution in [2.45, 2.75) is 64.0 Å². The number of pyridine rings is 1. The van der Waals surface area contributed by atoms with Crippen LogP contribution in [0.2, 0.25) is 0 Å². The molecule has 0 aromatic carbocycles. The largest absolute Gasteiger partial charge is 0.468 e. The average Bonchev–Trinajstić information content (AvgIpc) is 2.79. The molecule has 4 rings (SSSR count). The molecule has 1 atom stereocenters. The van der Waals surface area contributed by atoms with E-state index in [0.29, 0.717) is 25.7 Å². The number of hydrogen-bond acceptors (Lipinski definition) is 7. The third kappa shape index (κ3) is 4.17. The minimum atomic E-state index is -0.209. The Labute approximate surface area is 179 Å². The molecule has 0 radical (unpaired) electrons. The molecule has 0 spiro atoms. The topological polar surface area (TPSA) is 78.7 Å². The maximum absolute atomic E-state index is 11.7. The number of carbonyl (C=O) groups is 1. The van der Waals surface area contributed by atoms with Crippen LogP contribution in [0.1, 0.15) is 67.3 Å². The molecule has 1 saturated carbocycles. The first-order valence-corrected chi connectivity index (χ1v) is 11.2. The molecule has 3 heterocycles. The zero-order chi connectivity index (χ0) is 21.1. The Morgan fingerprint density at radius 2 is 2.07 bits per heavy atom. The molecule has 1 aromatic heterocycles. The minimum Gasteiger partial charge on any atom is -0.468 e.